The summed E-state index contributed by atoms with van der Waals surface area (Å²) in [6.07, 6.45) is 0.644. The maximum Gasteiger partial charge on any atom is 0.243 e. The van der Waals surface area contributed by atoms with Gasteiger partial charge in [0.25, 0.3) is 0 Å². The van der Waals surface area contributed by atoms with Gasteiger partial charge in [-0.05, 0) is 40.6 Å². The van der Waals surface area contributed by atoms with Gasteiger partial charge in [-0.1, -0.05) is 35.4 Å². The molecule has 2 atom stereocenters. The third-order valence-corrected chi connectivity index (χ3v) is 4.33. The molecule has 0 radical (unpaired) electrons. The fourth-order valence-electron chi connectivity index (χ4n) is 3.10. The van der Waals surface area contributed by atoms with Gasteiger partial charge in [0, 0.05) is 5.56 Å². The number of halogens is 1. The molecule has 0 aliphatic carbocycles. The van der Waals surface area contributed by atoms with Crippen molar-refractivity contribution < 1.29 is 9.13 Å². The molecule has 0 saturated heterocycles. The summed E-state index contributed by atoms with van der Waals surface area (Å²) in [5, 5.41) is 15.1. The Morgan fingerprint density at radius 1 is 1.17 bits per heavy atom. The molecule has 0 spiro atoms. The second-order valence-electron chi connectivity index (χ2n) is 5.69. The molecular formula is C17H16FN5O. The third kappa shape index (κ3) is 2.47. The predicted octanol–water partition coefficient (Wildman–Crippen LogP) is 2.97. The minimum absolute atomic E-state index is 0.0148. The highest BCUT2D eigenvalue weighted by molar-refractivity contribution is 5.39. The average molecular weight is 325 g/mol. The van der Waals surface area contributed by atoms with E-state index in [2.05, 4.69) is 20.8 Å². The molecule has 0 bridgehead atoms. The molecule has 122 valence electrons. The predicted molar refractivity (Wildman–Crippen MR) is 86.3 cm³/mol. The summed E-state index contributed by atoms with van der Waals surface area (Å²) in [5.74, 6) is 1.08. The molecule has 7 heteroatoms. The number of tetrazole rings is 1. The van der Waals surface area contributed by atoms with E-state index in [1.807, 2.05) is 30.3 Å². The highest BCUT2D eigenvalue weighted by Gasteiger charge is 2.31. The Morgan fingerprint density at radius 3 is 2.71 bits per heavy atom. The van der Waals surface area contributed by atoms with Crippen LogP contribution in [0.25, 0.3) is 0 Å². The van der Waals surface area contributed by atoms with E-state index in [9.17, 15) is 4.39 Å². The van der Waals surface area contributed by atoms with Crippen molar-refractivity contribution in [2.24, 2.45) is 0 Å². The Bertz CT molecular complexity index is 848. The van der Waals surface area contributed by atoms with Crippen molar-refractivity contribution in [1.82, 2.24) is 20.2 Å². The number of anilines is 1. The molecule has 1 aliphatic rings. The first-order valence-electron chi connectivity index (χ1n) is 7.69. The van der Waals surface area contributed by atoms with Crippen LogP contribution >= 0.6 is 0 Å². The first kappa shape index (κ1) is 14.6. The first-order valence-corrected chi connectivity index (χ1v) is 7.69. The van der Waals surface area contributed by atoms with Crippen LogP contribution in [0.15, 0.2) is 48.5 Å². The smallest absolute Gasteiger partial charge is 0.243 e. The van der Waals surface area contributed by atoms with E-state index in [4.69, 9.17) is 4.74 Å². The summed E-state index contributed by atoms with van der Waals surface area (Å²) in [7, 11) is 1.64. The maximum absolute atomic E-state index is 14.3. The van der Waals surface area contributed by atoms with Gasteiger partial charge >= 0.3 is 0 Å². The Balaban J connectivity index is 1.72. The summed E-state index contributed by atoms with van der Waals surface area (Å²) >= 11 is 0. The molecule has 2 heterocycles. The van der Waals surface area contributed by atoms with Crippen LogP contribution < -0.4 is 10.1 Å². The van der Waals surface area contributed by atoms with Crippen molar-refractivity contribution in [2.75, 3.05) is 12.4 Å². The quantitative estimate of drug-likeness (QED) is 0.802. The first-order chi connectivity index (χ1) is 11.8. The number of hydrogen-bond acceptors (Lipinski definition) is 5. The van der Waals surface area contributed by atoms with Gasteiger partial charge < -0.3 is 10.1 Å². The van der Waals surface area contributed by atoms with E-state index in [-0.39, 0.29) is 17.9 Å². The molecule has 0 unspecified atom stereocenters. The molecule has 2 aromatic carbocycles. The summed E-state index contributed by atoms with van der Waals surface area (Å²) in [6, 6.07) is 14.3. The van der Waals surface area contributed by atoms with Gasteiger partial charge in [0.15, 0.2) is 0 Å². The van der Waals surface area contributed by atoms with Gasteiger partial charge in [-0.2, -0.15) is 0 Å². The van der Waals surface area contributed by atoms with Gasteiger partial charge in [0.1, 0.15) is 11.6 Å². The zero-order chi connectivity index (χ0) is 16.5. The van der Waals surface area contributed by atoms with Crippen LogP contribution in [0.2, 0.25) is 0 Å². The number of fused-ring (bicyclic) bond motifs is 1. The lowest BCUT2D eigenvalue weighted by Crippen LogP contribution is -2.28. The Hall–Kier alpha value is -2.96. The van der Waals surface area contributed by atoms with Crippen LogP contribution in [0, 0.1) is 5.82 Å². The minimum Gasteiger partial charge on any atom is -0.497 e. The van der Waals surface area contributed by atoms with E-state index >= 15 is 0 Å². The van der Waals surface area contributed by atoms with Crippen molar-refractivity contribution in [2.45, 2.75) is 18.5 Å². The van der Waals surface area contributed by atoms with Crippen molar-refractivity contribution in [3.05, 3.63) is 65.5 Å². The SMILES string of the molecule is COc1ccc([C@H]2C[C@@H](c3ccccc3F)n3nnnc3N2)cc1. The number of hydrogen-bond donors (Lipinski definition) is 1. The lowest BCUT2D eigenvalue weighted by Gasteiger charge is -2.31. The average Bonchev–Trinajstić information content (AvgIpc) is 3.10. The maximum atomic E-state index is 14.3. The van der Waals surface area contributed by atoms with Crippen molar-refractivity contribution in [3.63, 3.8) is 0 Å². The molecule has 6 nitrogen and oxygen atoms in total. The molecule has 0 amide bonds. The van der Waals surface area contributed by atoms with Crippen LogP contribution in [0.1, 0.15) is 29.6 Å². The van der Waals surface area contributed by atoms with Crippen LogP contribution in [0.4, 0.5) is 10.3 Å². The molecule has 0 saturated carbocycles. The number of nitrogens with one attached hydrogen (secondary N) is 1. The Kier molecular flexibility index (Phi) is 3.60. The second-order valence-corrected chi connectivity index (χ2v) is 5.69. The van der Waals surface area contributed by atoms with Gasteiger partial charge in [0.05, 0.1) is 19.2 Å². The van der Waals surface area contributed by atoms with Gasteiger partial charge in [-0.15, -0.1) is 0 Å². The van der Waals surface area contributed by atoms with Crippen LogP contribution in [-0.4, -0.2) is 27.3 Å². The molecule has 1 N–H and O–H groups in total. The minimum atomic E-state index is -0.260. The number of rotatable bonds is 3. The van der Waals surface area contributed by atoms with Crippen LogP contribution in [0.5, 0.6) is 5.75 Å². The number of nitrogens with zero attached hydrogens (tertiary/aromatic N) is 4. The van der Waals surface area contributed by atoms with E-state index < -0.39 is 0 Å². The lowest BCUT2D eigenvalue weighted by molar-refractivity contribution is 0.406. The number of aromatic nitrogens is 4. The van der Waals surface area contributed by atoms with Crippen molar-refractivity contribution >= 4 is 5.95 Å². The van der Waals surface area contributed by atoms with E-state index in [0.717, 1.165) is 11.3 Å². The van der Waals surface area contributed by atoms with Crippen LogP contribution in [0.3, 0.4) is 0 Å². The van der Waals surface area contributed by atoms with Crippen molar-refractivity contribution in [3.8, 4) is 5.75 Å². The monoisotopic (exact) mass is 325 g/mol. The normalized spacial score (nSPS) is 19.4. The standard InChI is InChI=1S/C17H16FN5O/c1-24-12-8-6-11(7-9-12)15-10-16(13-4-2-3-5-14(13)18)23-17(19-15)20-21-22-23/h2-9,15-16H,10H2,1H3,(H,19,20,22)/t15-,16+/m1/s1. The van der Waals surface area contributed by atoms with Gasteiger partial charge in [-0.25, -0.2) is 9.07 Å². The zero-order valence-electron chi connectivity index (χ0n) is 13.1. The molecule has 4 rings (SSSR count). The molecular weight excluding hydrogens is 309 g/mol. The molecule has 1 aromatic heterocycles. The van der Waals surface area contributed by atoms with E-state index in [0.29, 0.717) is 17.9 Å². The Morgan fingerprint density at radius 2 is 1.96 bits per heavy atom. The zero-order valence-corrected chi connectivity index (χ0v) is 13.1. The Labute approximate surface area is 138 Å². The molecule has 3 aromatic rings. The molecule has 1 aliphatic heterocycles. The highest BCUT2D eigenvalue weighted by atomic mass is 19.1. The number of methoxy groups -OCH3 is 1. The van der Waals surface area contributed by atoms with E-state index in [1.165, 1.54) is 6.07 Å². The van der Waals surface area contributed by atoms with Gasteiger partial charge in [-0.3, -0.25) is 0 Å². The lowest BCUT2D eigenvalue weighted by atomic mass is 9.93. The number of benzene rings is 2. The topological polar surface area (TPSA) is 64.9 Å². The summed E-state index contributed by atoms with van der Waals surface area (Å²) in [6.45, 7) is 0. The fourth-order valence-corrected chi connectivity index (χ4v) is 3.10. The largest absolute Gasteiger partial charge is 0.497 e. The summed E-state index contributed by atoms with van der Waals surface area (Å²) < 4.78 is 21.1. The summed E-state index contributed by atoms with van der Waals surface area (Å²) in [4.78, 5) is 0. The third-order valence-electron chi connectivity index (χ3n) is 4.33. The van der Waals surface area contributed by atoms with Crippen molar-refractivity contribution in [1.29, 1.82) is 0 Å². The fraction of sp³-hybridized carbons (Fsp3) is 0.235. The van der Waals surface area contributed by atoms with Gasteiger partial charge in [0.2, 0.25) is 5.95 Å². The molecule has 0 fully saturated rings. The number of ether oxygens (including phenoxy) is 1. The second kappa shape index (κ2) is 5.92. The highest BCUT2D eigenvalue weighted by Crippen LogP contribution is 2.38. The molecule has 24 heavy (non-hydrogen) atoms. The summed E-state index contributed by atoms with van der Waals surface area (Å²) in [5.41, 5.74) is 1.66. The van der Waals surface area contributed by atoms with Crippen LogP contribution in [-0.2, 0) is 0 Å². The van der Waals surface area contributed by atoms with E-state index in [1.54, 1.807) is 23.9 Å².